The molecular formula is C14H12ClN3O. The Labute approximate surface area is 115 Å². The maximum absolute atomic E-state index is 12.1. The number of rotatable bonds is 2. The van der Waals surface area contributed by atoms with Crippen molar-refractivity contribution in [1.82, 2.24) is 10.3 Å². The van der Waals surface area contributed by atoms with Crippen molar-refractivity contribution in [3.8, 4) is 0 Å². The van der Waals surface area contributed by atoms with Crippen LogP contribution in [0.5, 0.6) is 0 Å². The molecule has 0 spiro atoms. The van der Waals surface area contributed by atoms with Crippen LogP contribution >= 0.6 is 11.6 Å². The average Bonchev–Trinajstić information content (AvgIpc) is 2.85. The number of benzene rings is 1. The number of pyridine rings is 1. The number of amides is 1. The number of hydrogen-bond donors (Lipinski definition) is 2. The molecule has 0 aliphatic carbocycles. The van der Waals surface area contributed by atoms with Crippen molar-refractivity contribution < 1.29 is 4.79 Å². The zero-order valence-corrected chi connectivity index (χ0v) is 10.9. The molecule has 2 N–H and O–H groups in total. The fourth-order valence-electron chi connectivity index (χ4n) is 2.10. The van der Waals surface area contributed by atoms with Gasteiger partial charge in [-0.1, -0.05) is 23.7 Å². The molecule has 5 heteroatoms. The van der Waals surface area contributed by atoms with Crippen LogP contribution in [0.2, 0.25) is 5.15 Å². The smallest absolute Gasteiger partial charge is 0.256 e. The minimum Gasteiger partial charge on any atom is -0.309 e. The molecule has 0 fully saturated rings. The lowest BCUT2D eigenvalue weighted by Crippen LogP contribution is -2.13. The molecule has 1 aromatic carbocycles. The first-order valence-electron chi connectivity index (χ1n) is 5.99. The number of halogens is 1. The number of nitrogens with one attached hydrogen (secondary N) is 2. The largest absolute Gasteiger partial charge is 0.309 e. The molecular weight excluding hydrogens is 262 g/mol. The second-order valence-electron chi connectivity index (χ2n) is 4.39. The molecule has 1 aliphatic heterocycles. The topological polar surface area (TPSA) is 54.0 Å². The molecule has 0 unspecified atom stereocenters. The summed E-state index contributed by atoms with van der Waals surface area (Å²) in [5, 5.41) is 6.34. The van der Waals surface area contributed by atoms with Gasteiger partial charge in [0.1, 0.15) is 11.0 Å². The highest BCUT2D eigenvalue weighted by Crippen LogP contribution is 2.18. The molecule has 1 aromatic heterocycles. The SMILES string of the molecule is O=C(Nc1cccc(Cl)n1)c1ccc2c(c1)CNC2. The number of carbonyl (C=O) groups is 1. The van der Waals surface area contributed by atoms with Crippen LogP contribution in [0, 0.1) is 0 Å². The number of nitrogens with zero attached hydrogens (tertiary/aromatic N) is 1. The number of hydrogen-bond acceptors (Lipinski definition) is 3. The van der Waals surface area contributed by atoms with Crippen LogP contribution in [0.25, 0.3) is 0 Å². The van der Waals surface area contributed by atoms with Crippen molar-refractivity contribution in [3.63, 3.8) is 0 Å². The van der Waals surface area contributed by atoms with Crippen LogP contribution in [0.1, 0.15) is 21.5 Å². The van der Waals surface area contributed by atoms with Gasteiger partial charge in [-0.3, -0.25) is 4.79 Å². The lowest BCUT2D eigenvalue weighted by molar-refractivity contribution is 0.102. The quantitative estimate of drug-likeness (QED) is 0.827. The molecule has 2 aromatic rings. The molecule has 19 heavy (non-hydrogen) atoms. The van der Waals surface area contributed by atoms with Gasteiger partial charge in [-0.05, 0) is 35.4 Å². The van der Waals surface area contributed by atoms with Crippen molar-refractivity contribution >= 4 is 23.3 Å². The van der Waals surface area contributed by atoms with E-state index >= 15 is 0 Å². The summed E-state index contributed by atoms with van der Waals surface area (Å²) in [4.78, 5) is 16.1. The summed E-state index contributed by atoms with van der Waals surface area (Å²) < 4.78 is 0. The highest BCUT2D eigenvalue weighted by atomic mass is 35.5. The van der Waals surface area contributed by atoms with Crippen molar-refractivity contribution in [3.05, 3.63) is 58.2 Å². The molecule has 4 nitrogen and oxygen atoms in total. The summed E-state index contributed by atoms with van der Waals surface area (Å²) in [6, 6.07) is 10.8. The Hall–Kier alpha value is -1.91. The van der Waals surface area contributed by atoms with Gasteiger partial charge in [0.2, 0.25) is 0 Å². The maximum Gasteiger partial charge on any atom is 0.256 e. The molecule has 96 valence electrons. The molecule has 0 saturated heterocycles. The van der Waals surface area contributed by atoms with Crippen LogP contribution in [0.15, 0.2) is 36.4 Å². The molecule has 0 bridgehead atoms. The van der Waals surface area contributed by atoms with Crippen LogP contribution < -0.4 is 10.6 Å². The van der Waals surface area contributed by atoms with E-state index in [2.05, 4.69) is 15.6 Å². The fraction of sp³-hybridized carbons (Fsp3) is 0.143. The molecule has 2 heterocycles. The highest BCUT2D eigenvalue weighted by Gasteiger charge is 2.13. The lowest BCUT2D eigenvalue weighted by Gasteiger charge is -2.06. The van der Waals surface area contributed by atoms with Gasteiger partial charge in [-0.2, -0.15) is 0 Å². The van der Waals surface area contributed by atoms with Crippen LogP contribution in [0.4, 0.5) is 5.82 Å². The molecule has 3 rings (SSSR count). The molecule has 0 atom stereocenters. The first-order valence-corrected chi connectivity index (χ1v) is 6.36. The first kappa shape index (κ1) is 12.1. The summed E-state index contributed by atoms with van der Waals surface area (Å²) in [5.74, 6) is 0.278. The fourth-order valence-corrected chi connectivity index (χ4v) is 2.27. The summed E-state index contributed by atoms with van der Waals surface area (Å²) >= 11 is 5.78. The van der Waals surface area contributed by atoms with E-state index in [1.54, 1.807) is 18.2 Å². The molecule has 1 aliphatic rings. The zero-order valence-electron chi connectivity index (χ0n) is 10.1. The van der Waals surface area contributed by atoms with Gasteiger partial charge < -0.3 is 10.6 Å². The lowest BCUT2D eigenvalue weighted by atomic mass is 10.1. The number of aromatic nitrogens is 1. The van der Waals surface area contributed by atoms with Gasteiger partial charge in [0.05, 0.1) is 0 Å². The summed E-state index contributed by atoms with van der Waals surface area (Å²) in [6.45, 7) is 1.68. The van der Waals surface area contributed by atoms with E-state index in [0.717, 1.165) is 13.1 Å². The zero-order chi connectivity index (χ0) is 13.2. The Bertz CT molecular complexity index is 642. The Kier molecular flexibility index (Phi) is 3.19. The first-order chi connectivity index (χ1) is 9.22. The third-order valence-electron chi connectivity index (χ3n) is 3.06. The number of carbonyl (C=O) groups excluding carboxylic acids is 1. The van der Waals surface area contributed by atoms with Crippen molar-refractivity contribution in [2.24, 2.45) is 0 Å². The van der Waals surface area contributed by atoms with Gasteiger partial charge in [0.25, 0.3) is 5.91 Å². The van der Waals surface area contributed by atoms with Gasteiger partial charge in [-0.15, -0.1) is 0 Å². The van der Waals surface area contributed by atoms with E-state index in [9.17, 15) is 4.79 Å². The summed E-state index contributed by atoms with van der Waals surface area (Å²) in [7, 11) is 0. The van der Waals surface area contributed by atoms with E-state index in [1.165, 1.54) is 11.1 Å². The summed E-state index contributed by atoms with van der Waals surface area (Å²) in [5.41, 5.74) is 3.05. The minimum atomic E-state index is -0.176. The molecule has 1 amide bonds. The predicted molar refractivity (Wildman–Crippen MR) is 74.2 cm³/mol. The van der Waals surface area contributed by atoms with Crippen LogP contribution in [0.3, 0.4) is 0 Å². The second-order valence-corrected chi connectivity index (χ2v) is 4.77. The average molecular weight is 274 g/mol. The standard InChI is InChI=1S/C14H12ClN3O/c15-12-2-1-3-13(17-12)18-14(19)9-4-5-10-7-16-8-11(10)6-9/h1-6,16H,7-8H2,(H,17,18,19). The number of anilines is 1. The van der Waals surface area contributed by atoms with Crippen molar-refractivity contribution in [2.45, 2.75) is 13.1 Å². The second kappa shape index (κ2) is 4.99. The number of fused-ring (bicyclic) bond motifs is 1. The van der Waals surface area contributed by atoms with E-state index < -0.39 is 0 Å². The van der Waals surface area contributed by atoms with Crippen LogP contribution in [-0.2, 0) is 13.1 Å². The monoisotopic (exact) mass is 273 g/mol. The van der Waals surface area contributed by atoms with E-state index in [-0.39, 0.29) is 5.91 Å². The summed E-state index contributed by atoms with van der Waals surface area (Å²) in [6.07, 6.45) is 0. The van der Waals surface area contributed by atoms with Crippen LogP contribution in [-0.4, -0.2) is 10.9 Å². The Morgan fingerprint density at radius 2 is 2.05 bits per heavy atom. The Morgan fingerprint density at radius 1 is 1.21 bits per heavy atom. The van der Waals surface area contributed by atoms with Crippen molar-refractivity contribution in [2.75, 3.05) is 5.32 Å². The maximum atomic E-state index is 12.1. The minimum absolute atomic E-state index is 0.176. The predicted octanol–water partition coefficient (Wildman–Crippen LogP) is 2.59. The van der Waals surface area contributed by atoms with E-state index in [0.29, 0.717) is 16.5 Å². The Morgan fingerprint density at radius 3 is 2.89 bits per heavy atom. The van der Waals surface area contributed by atoms with E-state index in [1.807, 2.05) is 18.2 Å². The highest BCUT2D eigenvalue weighted by molar-refractivity contribution is 6.29. The van der Waals surface area contributed by atoms with Gasteiger partial charge in [0, 0.05) is 18.7 Å². The van der Waals surface area contributed by atoms with Gasteiger partial charge in [-0.25, -0.2) is 4.98 Å². The Balaban J connectivity index is 1.81. The third kappa shape index (κ3) is 2.59. The molecule has 0 radical (unpaired) electrons. The van der Waals surface area contributed by atoms with E-state index in [4.69, 9.17) is 11.6 Å². The van der Waals surface area contributed by atoms with Crippen molar-refractivity contribution in [1.29, 1.82) is 0 Å². The normalized spacial score (nSPS) is 13.1. The molecule has 0 saturated carbocycles. The van der Waals surface area contributed by atoms with Gasteiger partial charge in [0.15, 0.2) is 0 Å². The van der Waals surface area contributed by atoms with Gasteiger partial charge >= 0.3 is 0 Å². The third-order valence-corrected chi connectivity index (χ3v) is 3.27.